The number of anilines is 2. The van der Waals surface area contributed by atoms with Crippen LogP contribution in [-0.2, 0) is 10.0 Å². The first-order valence-electron chi connectivity index (χ1n) is 8.90. The van der Waals surface area contributed by atoms with E-state index in [1.54, 1.807) is 18.2 Å². The van der Waals surface area contributed by atoms with Gasteiger partial charge in [-0.05, 0) is 54.1 Å². The summed E-state index contributed by atoms with van der Waals surface area (Å²) in [4.78, 5) is 23.6. The zero-order valence-corrected chi connectivity index (χ0v) is 16.8. The van der Waals surface area contributed by atoms with Crippen LogP contribution in [0.5, 0.6) is 0 Å². The molecule has 0 aliphatic rings. The van der Waals surface area contributed by atoms with Crippen molar-refractivity contribution in [1.82, 2.24) is 0 Å². The number of amides is 1. The Bertz CT molecular complexity index is 1270. The van der Waals surface area contributed by atoms with Crippen LogP contribution < -0.4 is 10.0 Å². The van der Waals surface area contributed by atoms with Gasteiger partial charge in [-0.3, -0.25) is 9.52 Å². The molecule has 9 heteroatoms. The summed E-state index contributed by atoms with van der Waals surface area (Å²) < 4.78 is 41.9. The Morgan fingerprint density at radius 1 is 1.00 bits per heavy atom. The first-order chi connectivity index (χ1) is 14.7. The molecule has 3 aromatic rings. The van der Waals surface area contributed by atoms with E-state index in [9.17, 15) is 22.4 Å². The number of benzene rings is 3. The molecule has 3 aromatic carbocycles. The molecule has 0 heterocycles. The average molecular weight is 440 g/mol. The molecule has 0 aliphatic heterocycles. The van der Waals surface area contributed by atoms with Gasteiger partial charge in [-0.25, -0.2) is 17.6 Å². The lowest BCUT2D eigenvalue weighted by Crippen LogP contribution is -2.19. The van der Waals surface area contributed by atoms with Crippen LogP contribution in [0, 0.1) is 5.82 Å². The molecule has 0 aliphatic carbocycles. The van der Waals surface area contributed by atoms with E-state index in [-0.39, 0.29) is 27.4 Å². The van der Waals surface area contributed by atoms with Crippen LogP contribution in [0.4, 0.5) is 15.8 Å². The third kappa shape index (κ3) is 4.96. The number of carbonyl (C=O) groups excluding carboxylic acids is 1. The Hall–Kier alpha value is -3.98. The van der Waals surface area contributed by atoms with Crippen LogP contribution >= 0.6 is 0 Å². The molecule has 1 amide bonds. The Labute approximate surface area is 177 Å². The molecule has 0 atom stereocenters. The van der Waals surface area contributed by atoms with Crippen LogP contribution in [-0.4, -0.2) is 25.4 Å². The monoisotopic (exact) mass is 440 g/mol. The molecule has 0 unspecified atom stereocenters. The van der Waals surface area contributed by atoms with Gasteiger partial charge in [-0.15, -0.1) is 0 Å². The third-order valence-corrected chi connectivity index (χ3v) is 5.73. The number of carboxylic acid groups (broad SMARTS) is 1. The minimum Gasteiger partial charge on any atom is -0.478 e. The lowest BCUT2D eigenvalue weighted by Gasteiger charge is -2.14. The Morgan fingerprint density at radius 3 is 2.32 bits per heavy atom. The highest BCUT2D eigenvalue weighted by Crippen LogP contribution is 2.25. The standard InChI is InChI=1S/C22H17FN2O5S/c1-2-14-5-3-4-6-20(14)31(29,30)25-19-12-9-16(23)13-18(19)21(26)24-17-10-7-15(8-11-17)22(27)28/h2-13,25H,1H2,(H,24,26)(H,27,28). The highest BCUT2D eigenvalue weighted by atomic mass is 32.2. The number of hydrogen-bond donors (Lipinski definition) is 3. The molecular weight excluding hydrogens is 423 g/mol. The second-order valence-corrected chi connectivity index (χ2v) is 8.02. The van der Waals surface area contributed by atoms with Gasteiger partial charge >= 0.3 is 5.97 Å². The topological polar surface area (TPSA) is 113 Å². The lowest BCUT2D eigenvalue weighted by molar-refractivity contribution is 0.0696. The fraction of sp³-hybridized carbons (Fsp3) is 0. The Balaban J connectivity index is 1.92. The number of carboxylic acids is 1. The molecule has 0 radical (unpaired) electrons. The van der Waals surface area contributed by atoms with Gasteiger partial charge in [0.05, 0.1) is 21.7 Å². The minimum atomic E-state index is -4.10. The average Bonchev–Trinajstić information content (AvgIpc) is 2.75. The van der Waals surface area contributed by atoms with Gasteiger partial charge in [0.15, 0.2) is 0 Å². The van der Waals surface area contributed by atoms with Crippen LogP contribution in [0.3, 0.4) is 0 Å². The number of halogens is 1. The van der Waals surface area contributed by atoms with Crippen LogP contribution in [0.1, 0.15) is 26.3 Å². The smallest absolute Gasteiger partial charge is 0.335 e. The zero-order chi connectivity index (χ0) is 22.6. The number of aromatic carboxylic acids is 1. The maximum absolute atomic E-state index is 13.8. The van der Waals surface area contributed by atoms with Gasteiger partial charge in [-0.2, -0.15) is 0 Å². The lowest BCUT2D eigenvalue weighted by atomic mass is 10.1. The van der Waals surface area contributed by atoms with E-state index < -0.39 is 27.7 Å². The first-order valence-corrected chi connectivity index (χ1v) is 10.4. The zero-order valence-electron chi connectivity index (χ0n) is 16.0. The molecule has 0 aromatic heterocycles. The summed E-state index contributed by atoms with van der Waals surface area (Å²) >= 11 is 0. The van der Waals surface area contributed by atoms with Gasteiger partial charge in [0.2, 0.25) is 0 Å². The number of rotatable bonds is 7. The van der Waals surface area contributed by atoms with Crippen molar-refractivity contribution in [2.24, 2.45) is 0 Å². The third-order valence-electron chi connectivity index (χ3n) is 4.29. The fourth-order valence-corrected chi connectivity index (χ4v) is 4.08. The summed E-state index contributed by atoms with van der Waals surface area (Å²) in [6.45, 7) is 3.59. The van der Waals surface area contributed by atoms with E-state index in [1.165, 1.54) is 36.4 Å². The second-order valence-electron chi connectivity index (χ2n) is 6.37. The van der Waals surface area contributed by atoms with E-state index in [1.807, 2.05) is 0 Å². The van der Waals surface area contributed by atoms with Crippen LogP contribution in [0.2, 0.25) is 0 Å². The predicted molar refractivity (Wildman–Crippen MR) is 115 cm³/mol. The van der Waals surface area contributed by atoms with E-state index >= 15 is 0 Å². The summed E-state index contributed by atoms with van der Waals surface area (Å²) in [6, 6.07) is 14.5. The molecule has 3 N–H and O–H groups in total. The van der Waals surface area contributed by atoms with Crippen molar-refractivity contribution in [3.8, 4) is 0 Å². The first kappa shape index (κ1) is 21.7. The molecule has 0 saturated heterocycles. The van der Waals surface area contributed by atoms with Crippen molar-refractivity contribution in [2.45, 2.75) is 4.90 Å². The molecule has 0 bridgehead atoms. The maximum Gasteiger partial charge on any atom is 0.335 e. The summed E-state index contributed by atoms with van der Waals surface area (Å²) in [5, 5.41) is 11.4. The van der Waals surface area contributed by atoms with Crippen molar-refractivity contribution in [1.29, 1.82) is 0 Å². The number of sulfonamides is 1. The van der Waals surface area contributed by atoms with Gasteiger partial charge in [0.25, 0.3) is 15.9 Å². The summed E-state index contributed by atoms with van der Waals surface area (Å²) in [6.07, 6.45) is 1.38. The highest BCUT2D eigenvalue weighted by molar-refractivity contribution is 7.92. The van der Waals surface area contributed by atoms with E-state index in [2.05, 4.69) is 16.6 Å². The molecule has 0 fully saturated rings. The Kier molecular flexibility index (Phi) is 6.17. The number of hydrogen-bond acceptors (Lipinski definition) is 4. The minimum absolute atomic E-state index is 0.0260. The summed E-state index contributed by atoms with van der Waals surface area (Å²) in [5.74, 6) is -2.64. The van der Waals surface area contributed by atoms with Gasteiger partial charge in [0.1, 0.15) is 5.82 Å². The van der Waals surface area contributed by atoms with Crippen LogP contribution in [0.15, 0.2) is 78.2 Å². The molecule has 0 saturated carbocycles. The van der Waals surface area contributed by atoms with Crippen molar-refractivity contribution in [3.05, 3.63) is 95.8 Å². The molecule has 31 heavy (non-hydrogen) atoms. The fourth-order valence-electron chi connectivity index (χ4n) is 2.78. The molecule has 7 nitrogen and oxygen atoms in total. The molecule has 3 rings (SSSR count). The summed E-state index contributed by atoms with van der Waals surface area (Å²) in [5.41, 5.74) is 0.270. The predicted octanol–water partition coefficient (Wildman–Crippen LogP) is 4.22. The molecule has 0 spiro atoms. The molecular formula is C22H17FN2O5S. The quantitative estimate of drug-likeness (QED) is 0.509. The molecule has 158 valence electrons. The SMILES string of the molecule is C=Cc1ccccc1S(=O)(=O)Nc1ccc(F)cc1C(=O)Nc1ccc(C(=O)O)cc1. The Morgan fingerprint density at radius 2 is 1.68 bits per heavy atom. The van der Waals surface area contributed by atoms with Crippen molar-refractivity contribution in [3.63, 3.8) is 0 Å². The van der Waals surface area contributed by atoms with E-state index in [0.717, 1.165) is 18.2 Å². The number of nitrogens with one attached hydrogen (secondary N) is 2. The normalized spacial score (nSPS) is 10.9. The van der Waals surface area contributed by atoms with E-state index in [4.69, 9.17) is 5.11 Å². The second kappa shape index (κ2) is 8.80. The highest BCUT2D eigenvalue weighted by Gasteiger charge is 2.21. The van der Waals surface area contributed by atoms with Crippen molar-refractivity contribution >= 4 is 39.4 Å². The van der Waals surface area contributed by atoms with Crippen molar-refractivity contribution in [2.75, 3.05) is 10.0 Å². The van der Waals surface area contributed by atoms with Gasteiger partial charge in [0, 0.05) is 5.69 Å². The van der Waals surface area contributed by atoms with E-state index in [0.29, 0.717) is 5.56 Å². The maximum atomic E-state index is 13.8. The van der Waals surface area contributed by atoms with Gasteiger partial charge in [-0.1, -0.05) is 30.9 Å². The summed E-state index contributed by atoms with van der Waals surface area (Å²) in [7, 11) is -4.10. The van der Waals surface area contributed by atoms with Crippen molar-refractivity contribution < 1.29 is 27.5 Å². The largest absolute Gasteiger partial charge is 0.478 e. The van der Waals surface area contributed by atoms with Crippen LogP contribution in [0.25, 0.3) is 6.08 Å². The number of carbonyl (C=O) groups is 2. The van der Waals surface area contributed by atoms with Gasteiger partial charge < -0.3 is 10.4 Å².